The summed E-state index contributed by atoms with van der Waals surface area (Å²) in [5.41, 5.74) is 0. The molecule has 2 unspecified atom stereocenters. The Bertz CT molecular complexity index is 226. The van der Waals surface area contributed by atoms with Crippen LogP contribution in [0.4, 0.5) is 0 Å². The molecule has 2 aliphatic rings. The highest BCUT2D eigenvalue weighted by Crippen LogP contribution is 2.31. The van der Waals surface area contributed by atoms with Crippen molar-refractivity contribution in [3.63, 3.8) is 0 Å². The van der Waals surface area contributed by atoms with Gasteiger partial charge in [0.2, 0.25) is 0 Å². The Morgan fingerprint density at radius 2 is 2.00 bits per heavy atom. The van der Waals surface area contributed by atoms with Crippen LogP contribution in [0.15, 0.2) is 0 Å². The summed E-state index contributed by atoms with van der Waals surface area (Å²) in [5, 5.41) is 4.34. The van der Waals surface area contributed by atoms with E-state index in [1.807, 2.05) is 0 Å². The Kier molecular flexibility index (Phi) is 5.19. The van der Waals surface area contributed by atoms with Crippen molar-refractivity contribution in [2.24, 2.45) is 5.92 Å². The molecule has 0 aromatic rings. The van der Waals surface area contributed by atoms with Crippen molar-refractivity contribution in [1.82, 2.24) is 10.2 Å². The van der Waals surface area contributed by atoms with E-state index in [0.29, 0.717) is 6.04 Å². The van der Waals surface area contributed by atoms with E-state index in [-0.39, 0.29) is 0 Å². The van der Waals surface area contributed by atoms with E-state index in [4.69, 9.17) is 0 Å². The van der Waals surface area contributed by atoms with E-state index >= 15 is 0 Å². The minimum absolute atomic E-state index is 0.709. The average molecular weight is 256 g/mol. The molecule has 0 spiro atoms. The van der Waals surface area contributed by atoms with Gasteiger partial charge in [-0.25, -0.2) is 0 Å². The van der Waals surface area contributed by atoms with E-state index in [9.17, 15) is 0 Å². The minimum atomic E-state index is 0.709. The lowest BCUT2D eigenvalue weighted by Gasteiger charge is -2.36. The maximum atomic E-state index is 3.47. The molecule has 0 aromatic heterocycles. The second kappa shape index (κ2) is 6.44. The molecule has 1 N–H and O–H groups in total. The molecule has 0 amide bonds. The summed E-state index contributed by atoms with van der Waals surface area (Å²) in [6, 6.07) is 1.55. The van der Waals surface area contributed by atoms with Gasteiger partial charge in [-0.15, -0.1) is 0 Å². The molecule has 17 heavy (non-hydrogen) atoms. The number of nitrogens with zero attached hydrogens (tertiary/aromatic N) is 1. The van der Waals surface area contributed by atoms with E-state index < -0.39 is 0 Å². The van der Waals surface area contributed by atoms with E-state index in [2.05, 4.69) is 42.7 Å². The fraction of sp³-hybridized carbons (Fsp3) is 1.00. The molecule has 2 atom stereocenters. The summed E-state index contributed by atoms with van der Waals surface area (Å²) in [6.07, 6.45) is 4.14. The normalized spacial score (nSPS) is 31.6. The SMILES string of the molecule is CC1CC(N(CC2CCNCC2)C(C)C)CS1. The first-order chi connectivity index (χ1) is 8.16. The number of hydrogen-bond acceptors (Lipinski definition) is 3. The van der Waals surface area contributed by atoms with Crippen LogP contribution >= 0.6 is 11.8 Å². The molecule has 2 heterocycles. The topological polar surface area (TPSA) is 15.3 Å². The highest BCUT2D eigenvalue weighted by atomic mass is 32.2. The van der Waals surface area contributed by atoms with Crippen LogP contribution in [0.5, 0.6) is 0 Å². The Labute approximate surface area is 111 Å². The monoisotopic (exact) mass is 256 g/mol. The molecule has 0 radical (unpaired) electrons. The van der Waals surface area contributed by atoms with Crippen LogP contribution in [0, 0.1) is 5.92 Å². The number of piperidine rings is 1. The Morgan fingerprint density at radius 1 is 1.29 bits per heavy atom. The average Bonchev–Trinajstić information content (AvgIpc) is 2.73. The number of thioether (sulfide) groups is 1. The Balaban J connectivity index is 1.87. The summed E-state index contributed by atoms with van der Waals surface area (Å²) in [6.45, 7) is 10.9. The van der Waals surface area contributed by atoms with Gasteiger partial charge in [0.1, 0.15) is 0 Å². The van der Waals surface area contributed by atoms with Crippen LogP contribution in [0.3, 0.4) is 0 Å². The van der Waals surface area contributed by atoms with Gasteiger partial charge in [0.25, 0.3) is 0 Å². The van der Waals surface area contributed by atoms with Crippen LogP contribution in [-0.2, 0) is 0 Å². The molecule has 2 saturated heterocycles. The minimum Gasteiger partial charge on any atom is -0.317 e. The molecule has 3 heteroatoms. The Morgan fingerprint density at radius 3 is 2.53 bits per heavy atom. The van der Waals surface area contributed by atoms with Gasteiger partial charge in [0.15, 0.2) is 0 Å². The van der Waals surface area contributed by atoms with Crippen LogP contribution in [0.1, 0.15) is 40.0 Å². The molecule has 2 aliphatic heterocycles. The largest absolute Gasteiger partial charge is 0.317 e. The summed E-state index contributed by atoms with van der Waals surface area (Å²) >= 11 is 2.16. The second-order valence-electron chi connectivity index (χ2n) is 6.02. The zero-order valence-electron chi connectivity index (χ0n) is 11.6. The lowest BCUT2D eigenvalue weighted by Crippen LogP contribution is -2.45. The fourth-order valence-electron chi connectivity index (χ4n) is 3.17. The first kappa shape index (κ1) is 13.7. The zero-order valence-corrected chi connectivity index (χ0v) is 12.4. The van der Waals surface area contributed by atoms with Crippen LogP contribution in [-0.4, -0.2) is 47.6 Å². The van der Waals surface area contributed by atoms with E-state index in [0.717, 1.165) is 17.2 Å². The quantitative estimate of drug-likeness (QED) is 0.832. The highest BCUT2D eigenvalue weighted by Gasteiger charge is 2.30. The molecule has 2 rings (SSSR count). The summed E-state index contributed by atoms with van der Waals surface area (Å²) in [5.74, 6) is 2.28. The third-order valence-corrected chi connectivity index (χ3v) is 5.58. The predicted octanol–water partition coefficient (Wildman–Crippen LogP) is 2.59. The van der Waals surface area contributed by atoms with E-state index in [1.165, 1.54) is 44.6 Å². The third-order valence-electron chi connectivity index (χ3n) is 4.24. The maximum absolute atomic E-state index is 3.47. The van der Waals surface area contributed by atoms with E-state index in [1.54, 1.807) is 0 Å². The van der Waals surface area contributed by atoms with Gasteiger partial charge in [-0.2, -0.15) is 11.8 Å². The smallest absolute Gasteiger partial charge is 0.0199 e. The van der Waals surface area contributed by atoms with Gasteiger partial charge in [-0.3, -0.25) is 4.90 Å². The van der Waals surface area contributed by atoms with Crippen molar-refractivity contribution < 1.29 is 0 Å². The van der Waals surface area contributed by atoms with Crippen LogP contribution in [0.2, 0.25) is 0 Å². The molecule has 2 fully saturated rings. The number of nitrogens with one attached hydrogen (secondary N) is 1. The maximum Gasteiger partial charge on any atom is 0.0199 e. The van der Waals surface area contributed by atoms with Crippen LogP contribution < -0.4 is 5.32 Å². The standard InChI is InChI=1S/C14H28N2S/c1-11(2)16(14-8-12(3)17-10-14)9-13-4-6-15-7-5-13/h11-15H,4-10H2,1-3H3. The fourth-order valence-corrected chi connectivity index (χ4v) is 4.41. The van der Waals surface area contributed by atoms with Gasteiger partial charge >= 0.3 is 0 Å². The summed E-state index contributed by atoms with van der Waals surface area (Å²) < 4.78 is 0. The molecule has 0 bridgehead atoms. The molecular formula is C14H28N2S. The highest BCUT2D eigenvalue weighted by molar-refractivity contribution is 8.00. The van der Waals surface area contributed by atoms with Crippen molar-refractivity contribution in [2.45, 2.75) is 57.4 Å². The molecular weight excluding hydrogens is 228 g/mol. The Hall–Kier alpha value is 0.270. The van der Waals surface area contributed by atoms with Crippen molar-refractivity contribution >= 4 is 11.8 Å². The second-order valence-corrected chi connectivity index (χ2v) is 7.49. The van der Waals surface area contributed by atoms with Gasteiger partial charge in [0, 0.05) is 29.6 Å². The summed E-state index contributed by atoms with van der Waals surface area (Å²) in [7, 11) is 0. The van der Waals surface area contributed by atoms with Crippen molar-refractivity contribution in [2.75, 3.05) is 25.4 Å². The van der Waals surface area contributed by atoms with Gasteiger partial charge in [-0.05, 0) is 52.1 Å². The molecule has 0 aliphatic carbocycles. The molecule has 0 aromatic carbocycles. The lowest BCUT2D eigenvalue weighted by molar-refractivity contribution is 0.126. The molecule has 0 saturated carbocycles. The van der Waals surface area contributed by atoms with Crippen LogP contribution in [0.25, 0.3) is 0 Å². The molecule has 2 nitrogen and oxygen atoms in total. The predicted molar refractivity (Wildman–Crippen MR) is 77.8 cm³/mol. The first-order valence-corrected chi connectivity index (χ1v) is 8.29. The third kappa shape index (κ3) is 3.87. The van der Waals surface area contributed by atoms with Crippen molar-refractivity contribution in [1.29, 1.82) is 0 Å². The van der Waals surface area contributed by atoms with Gasteiger partial charge in [-0.1, -0.05) is 6.92 Å². The van der Waals surface area contributed by atoms with Gasteiger partial charge in [0.05, 0.1) is 0 Å². The van der Waals surface area contributed by atoms with Crippen molar-refractivity contribution in [3.05, 3.63) is 0 Å². The zero-order chi connectivity index (χ0) is 12.3. The summed E-state index contributed by atoms with van der Waals surface area (Å²) in [4.78, 5) is 2.78. The van der Waals surface area contributed by atoms with Gasteiger partial charge < -0.3 is 5.32 Å². The lowest BCUT2D eigenvalue weighted by atomic mass is 9.96. The number of hydrogen-bond donors (Lipinski definition) is 1. The molecule has 100 valence electrons. The van der Waals surface area contributed by atoms with Crippen molar-refractivity contribution in [3.8, 4) is 0 Å². The first-order valence-electron chi connectivity index (χ1n) is 7.25. The number of rotatable bonds is 4.